The number of ether oxygens (including phenoxy) is 2. The van der Waals surface area contributed by atoms with Gasteiger partial charge in [0.15, 0.2) is 11.5 Å². The topological polar surface area (TPSA) is 74.1 Å². The number of nitrogens with one attached hydrogen (secondary N) is 1. The van der Waals surface area contributed by atoms with Crippen molar-refractivity contribution in [1.82, 2.24) is 19.5 Å². The second-order valence-corrected chi connectivity index (χ2v) is 5.91. The van der Waals surface area contributed by atoms with Crippen molar-refractivity contribution in [2.45, 2.75) is 37.8 Å². The first-order valence-electron chi connectivity index (χ1n) is 8.02. The smallest absolute Gasteiger partial charge is 0.165 e. The second kappa shape index (κ2) is 6.18. The molecule has 2 aromatic rings. The SMILES string of the molecule is c1nc(NCCOCC2CCCO2)c2ncn(C3CC3)c2n1. The molecule has 7 heteroatoms. The highest BCUT2D eigenvalue weighted by molar-refractivity contribution is 5.82. The molecule has 1 saturated carbocycles. The fraction of sp³-hybridized carbons (Fsp3) is 0.667. The molecule has 0 amide bonds. The number of anilines is 1. The summed E-state index contributed by atoms with van der Waals surface area (Å²) >= 11 is 0. The first-order valence-corrected chi connectivity index (χ1v) is 8.02. The summed E-state index contributed by atoms with van der Waals surface area (Å²) in [6, 6.07) is 0.572. The maximum atomic E-state index is 5.65. The Kier molecular flexibility index (Phi) is 3.90. The van der Waals surface area contributed by atoms with Crippen LogP contribution in [0.1, 0.15) is 31.7 Å². The molecule has 2 aromatic heterocycles. The van der Waals surface area contributed by atoms with Crippen LogP contribution in [0.4, 0.5) is 5.82 Å². The average Bonchev–Trinajstić information content (AvgIpc) is 3.08. The van der Waals surface area contributed by atoms with E-state index in [-0.39, 0.29) is 6.10 Å². The van der Waals surface area contributed by atoms with Gasteiger partial charge in [-0.2, -0.15) is 0 Å². The minimum Gasteiger partial charge on any atom is -0.377 e. The number of imidazole rings is 1. The zero-order valence-corrected chi connectivity index (χ0v) is 12.6. The monoisotopic (exact) mass is 303 g/mol. The summed E-state index contributed by atoms with van der Waals surface area (Å²) in [6.07, 6.45) is 8.44. The van der Waals surface area contributed by atoms with Crippen LogP contribution in [0.15, 0.2) is 12.7 Å². The molecule has 7 nitrogen and oxygen atoms in total. The summed E-state index contributed by atoms with van der Waals surface area (Å²) in [5, 5.41) is 3.29. The van der Waals surface area contributed by atoms with Crippen molar-refractivity contribution in [2.75, 3.05) is 31.7 Å². The molecule has 2 aliphatic rings. The molecule has 0 spiro atoms. The van der Waals surface area contributed by atoms with Crippen LogP contribution < -0.4 is 5.32 Å². The Labute approximate surface area is 129 Å². The van der Waals surface area contributed by atoms with Gasteiger partial charge in [-0.05, 0) is 25.7 Å². The normalized spacial score (nSPS) is 21.5. The van der Waals surface area contributed by atoms with Gasteiger partial charge in [0.1, 0.15) is 11.8 Å². The zero-order chi connectivity index (χ0) is 14.8. The van der Waals surface area contributed by atoms with Crippen LogP contribution >= 0.6 is 0 Å². The number of aromatic nitrogens is 4. The lowest BCUT2D eigenvalue weighted by Gasteiger charge is -2.11. The molecule has 2 fully saturated rings. The Morgan fingerprint density at radius 2 is 2.23 bits per heavy atom. The molecular weight excluding hydrogens is 282 g/mol. The van der Waals surface area contributed by atoms with Crippen LogP contribution in [0.2, 0.25) is 0 Å². The van der Waals surface area contributed by atoms with E-state index < -0.39 is 0 Å². The Bertz CT molecular complexity index is 634. The van der Waals surface area contributed by atoms with Crippen molar-refractivity contribution in [1.29, 1.82) is 0 Å². The summed E-state index contributed by atoms with van der Waals surface area (Å²) in [5.41, 5.74) is 1.76. The third-order valence-electron chi connectivity index (χ3n) is 4.17. The Hall–Kier alpha value is -1.73. The van der Waals surface area contributed by atoms with Gasteiger partial charge in [-0.1, -0.05) is 0 Å². The molecule has 1 atom stereocenters. The van der Waals surface area contributed by atoms with Crippen LogP contribution in [0.5, 0.6) is 0 Å². The van der Waals surface area contributed by atoms with Gasteiger partial charge in [0.2, 0.25) is 0 Å². The Balaban J connectivity index is 1.31. The van der Waals surface area contributed by atoms with Crippen LogP contribution in [-0.4, -0.2) is 52.0 Å². The predicted octanol–water partition coefficient (Wildman–Crippen LogP) is 1.77. The van der Waals surface area contributed by atoms with Gasteiger partial charge in [-0.25, -0.2) is 15.0 Å². The molecule has 118 valence electrons. The molecule has 3 heterocycles. The maximum Gasteiger partial charge on any atom is 0.165 e. The first kappa shape index (κ1) is 13.9. The van der Waals surface area contributed by atoms with Crippen LogP contribution in [0.3, 0.4) is 0 Å². The molecule has 1 saturated heterocycles. The van der Waals surface area contributed by atoms with E-state index in [1.165, 1.54) is 12.8 Å². The van der Waals surface area contributed by atoms with E-state index in [0.717, 1.165) is 36.4 Å². The molecule has 1 aliphatic heterocycles. The van der Waals surface area contributed by atoms with Gasteiger partial charge in [0.25, 0.3) is 0 Å². The molecular formula is C15H21N5O2. The fourth-order valence-corrected chi connectivity index (χ4v) is 2.83. The van der Waals surface area contributed by atoms with Gasteiger partial charge in [-0.3, -0.25) is 0 Å². The van der Waals surface area contributed by atoms with Crippen LogP contribution in [-0.2, 0) is 9.47 Å². The van der Waals surface area contributed by atoms with E-state index in [9.17, 15) is 0 Å². The Morgan fingerprint density at radius 3 is 3.05 bits per heavy atom. The van der Waals surface area contributed by atoms with Gasteiger partial charge >= 0.3 is 0 Å². The number of fused-ring (bicyclic) bond motifs is 1. The summed E-state index contributed by atoms with van der Waals surface area (Å²) in [7, 11) is 0. The largest absolute Gasteiger partial charge is 0.377 e. The highest BCUT2D eigenvalue weighted by Gasteiger charge is 2.26. The third kappa shape index (κ3) is 2.91. The van der Waals surface area contributed by atoms with E-state index in [1.54, 1.807) is 6.33 Å². The van der Waals surface area contributed by atoms with Gasteiger partial charge in [0, 0.05) is 19.2 Å². The Morgan fingerprint density at radius 1 is 1.27 bits per heavy atom. The van der Waals surface area contributed by atoms with E-state index in [4.69, 9.17) is 9.47 Å². The third-order valence-corrected chi connectivity index (χ3v) is 4.17. The minimum absolute atomic E-state index is 0.278. The maximum absolute atomic E-state index is 5.65. The summed E-state index contributed by atoms with van der Waals surface area (Å²) in [4.78, 5) is 13.1. The number of nitrogens with zero attached hydrogens (tertiary/aromatic N) is 4. The molecule has 22 heavy (non-hydrogen) atoms. The molecule has 1 unspecified atom stereocenters. The molecule has 0 bridgehead atoms. The highest BCUT2D eigenvalue weighted by atomic mass is 16.5. The molecule has 4 rings (SSSR count). The highest BCUT2D eigenvalue weighted by Crippen LogP contribution is 2.37. The number of hydrogen-bond acceptors (Lipinski definition) is 6. The van der Waals surface area contributed by atoms with Crippen molar-refractivity contribution in [3.63, 3.8) is 0 Å². The molecule has 0 aromatic carbocycles. The van der Waals surface area contributed by atoms with Crippen LogP contribution in [0.25, 0.3) is 11.2 Å². The first-order chi connectivity index (χ1) is 10.9. The standard InChI is InChI=1S/C15H21N5O2/c1-2-12(22-6-1)8-21-7-5-16-14-13-15(18-9-17-14)20(10-19-13)11-3-4-11/h9-12H,1-8H2,(H,16,17,18). The predicted molar refractivity (Wildman–Crippen MR) is 81.9 cm³/mol. The van der Waals surface area contributed by atoms with E-state index in [0.29, 0.717) is 25.8 Å². The number of rotatable bonds is 7. The van der Waals surface area contributed by atoms with Crippen molar-refractivity contribution in [3.8, 4) is 0 Å². The second-order valence-electron chi connectivity index (χ2n) is 5.91. The van der Waals surface area contributed by atoms with Crippen molar-refractivity contribution in [2.24, 2.45) is 0 Å². The van der Waals surface area contributed by atoms with Crippen LogP contribution in [0, 0.1) is 0 Å². The van der Waals surface area contributed by atoms with E-state index in [1.807, 2.05) is 6.33 Å². The van der Waals surface area contributed by atoms with Gasteiger partial charge in [-0.15, -0.1) is 0 Å². The quantitative estimate of drug-likeness (QED) is 0.786. The van der Waals surface area contributed by atoms with Gasteiger partial charge in [0.05, 0.1) is 25.6 Å². The zero-order valence-electron chi connectivity index (χ0n) is 12.6. The summed E-state index contributed by atoms with van der Waals surface area (Å²) in [5.74, 6) is 0.783. The minimum atomic E-state index is 0.278. The lowest BCUT2D eigenvalue weighted by molar-refractivity contribution is 0.0206. The lowest BCUT2D eigenvalue weighted by atomic mass is 10.2. The fourth-order valence-electron chi connectivity index (χ4n) is 2.83. The molecule has 1 N–H and O–H groups in total. The molecule has 0 radical (unpaired) electrons. The average molecular weight is 303 g/mol. The molecule has 1 aliphatic carbocycles. The summed E-state index contributed by atoms with van der Waals surface area (Å²) < 4.78 is 13.3. The van der Waals surface area contributed by atoms with Gasteiger partial charge < -0.3 is 19.4 Å². The summed E-state index contributed by atoms with van der Waals surface area (Å²) in [6.45, 7) is 2.88. The number of hydrogen-bond donors (Lipinski definition) is 1. The van der Waals surface area contributed by atoms with Crippen molar-refractivity contribution >= 4 is 17.0 Å². The van der Waals surface area contributed by atoms with Crippen molar-refractivity contribution < 1.29 is 9.47 Å². The lowest BCUT2D eigenvalue weighted by Crippen LogP contribution is -2.18. The van der Waals surface area contributed by atoms with Crippen molar-refractivity contribution in [3.05, 3.63) is 12.7 Å². The van der Waals surface area contributed by atoms with E-state index in [2.05, 4.69) is 24.8 Å². The van der Waals surface area contributed by atoms with E-state index >= 15 is 0 Å².